The number of thiol groups is 1. The van der Waals surface area contributed by atoms with Gasteiger partial charge in [0.05, 0.1) is 20.7 Å². The average Bonchev–Trinajstić information content (AvgIpc) is 4.12. The molecule has 0 radical (unpaired) electrons. The maximum Gasteiger partial charge on any atom is 0.233 e. The molecule has 0 amide bonds. The smallest absolute Gasteiger partial charge is 0.233 e. The van der Waals surface area contributed by atoms with Gasteiger partial charge in [-0.3, -0.25) is 5.41 Å². The molecule has 1 rings (SSSR count). The molecule has 1 aliphatic carbocycles. The number of rotatable bonds is 32. The molecule has 0 aliphatic heterocycles. The summed E-state index contributed by atoms with van der Waals surface area (Å²) in [6.45, 7) is 27.9. The molecule has 0 aromatic rings. The Labute approximate surface area is 368 Å². The molecule has 1 aliphatic rings. The van der Waals surface area contributed by atoms with Crippen molar-refractivity contribution >= 4 is 33.7 Å². The molecule has 0 bridgehead atoms. The number of aliphatic hydroxyl groups is 1. The van der Waals surface area contributed by atoms with E-state index in [4.69, 9.17) is 24.7 Å². The Balaban J connectivity index is -0.000000301. The molecular formula is C48H107N3O4PS+. The third kappa shape index (κ3) is 64.8. The van der Waals surface area contributed by atoms with Gasteiger partial charge in [-0.1, -0.05) is 223 Å². The number of nitrogens with zero attached hydrogens (tertiary/aromatic N) is 2. The third-order valence-electron chi connectivity index (χ3n) is 8.84. The minimum atomic E-state index is 0.0410. The van der Waals surface area contributed by atoms with Crippen LogP contribution in [0.1, 0.15) is 223 Å². The number of hydrogen-bond donors (Lipinski definition) is 3. The van der Waals surface area contributed by atoms with Crippen LogP contribution in [0.2, 0.25) is 0 Å². The number of ether oxygens (including phenoxy) is 3. The van der Waals surface area contributed by atoms with E-state index < -0.39 is 0 Å². The second-order valence-corrected chi connectivity index (χ2v) is 15.3. The van der Waals surface area contributed by atoms with Gasteiger partial charge in [-0.05, 0) is 31.6 Å². The van der Waals surface area contributed by atoms with Gasteiger partial charge in [0.25, 0.3) is 0 Å². The van der Waals surface area contributed by atoms with Gasteiger partial charge in [0.2, 0.25) is 5.90 Å². The first-order valence-corrected chi connectivity index (χ1v) is 25.4. The Kier molecular flexibility index (Phi) is 74.4. The van der Waals surface area contributed by atoms with Crippen LogP contribution in [0.4, 0.5) is 0 Å². The van der Waals surface area contributed by atoms with Gasteiger partial charge in [-0.25, -0.2) is 4.40 Å². The van der Waals surface area contributed by atoms with Gasteiger partial charge < -0.3 is 23.8 Å². The molecule has 2 N–H and O–H groups in total. The standard InChI is InChI=1S/C32H63N3O3S.C7H16.C3H6.2C2H6.CH4O.CH5P/c1-6-8-10-12-13-14-15-16-17-18-19-20-21-22-23-25-36-29-37-28-35(4,5)27-30(3)31(34-39)32(33)38-26-24-11-9-7-2;1-4-6-7(3)5-2;1-2-3-1;4*1-2/h33H,3,6-29H2,1-2,4-5H3;7H,4-6H2,1-3H3;1-3H2;2*1-2H3;2H,1H3;2H2,1H3/p+1/b33-32?,34-31-;;;;;;. The van der Waals surface area contributed by atoms with Crippen LogP contribution < -0.4 is 0 Å². The Morgan fingerprint density at radius 2 is 1.07 bits per heavy atom. The normalized spacial score (nSPS) is 11.8. The minimum Gasteiger partial charge on any atom is -0.477 e. The maximum atomic E-state index is 8.19. The van der Waals surface area contributed by atoms with Crippen molar-refractivity contribution in [2.75, 3.05) is 61.2 Å². The molecule has 2 unspecified atom stereocenters. The molecule has 57 heavy (non-hydrogen) atoms. The van der Waals surface area contributed by atoms with Gasteiger partial charge in [-0.15, -0.1) is 9.24 Å². The fourth-order valence-corrected chi connectivity index (χ4v) is 5.59. The summed E-state index contributed by atoms with van der Waals surface area (Å²) in [6.07, 6.45) is 33.5. The first-order valence-electron chi connectivity index (χ1n) is 23.8. The molecule has 0 heterocycles. The molecule has 348 valence electrons. The molecular weight excluding hydrogens is 746 g/mol. The number of likely N-dealkylation sites (N-methyl/N-ethyl adjacent to an activating group) is 1. The van der Waals surface area contributed by atoms with E-state index >= 15 is 0 Å². The first kappa shape index (κ1) is 68.2. The van der Waals surface area contributed by atoms with E-state index in [0.29, 0.717) is 36.9 Å². The van der Waals surface area contributed by atoms with Gasteiger partial charge in [0.1, 0.15) is 12.3 Å². The van der Waals surface area contributed by atoms with Gasteiger partial charge >= 0.3 is 0 Å². The highest BCUT2D eigenvalue weighted by atomic mass is 32.1. The molecule has 1 fully saturated rings. The van der Waals surface area contributed by atoms with E-state index in [0.717, 1.165) is 44.5 Å². The summed E-state index contributed by atoms with van der Waals surface area (Å²) in [6, 6.07) is 0. The fourth-order valence-electron chi connectivity index (χ4n) is 5.36. The number of unbranched alkanes of at least 4 members (excludes halogenated alkanes) is 17. The van der Waals surface area contributed by atoms with Crippen LogP contribution in [0.15, 0.2) is 16.5 Å². The van der Waals surface area contributed by atoms with E-state index in [9.17, 15) is 0 Å². The lowest BCUT2D eigenvalue weighted by atomic mass is 10.0. The molecule has 0 aromatic heterocycles. The van der Waals surface area contributed by atoms with E-state index in [2.05, 4.69) is 81.7 Å². The van der Waals surface area contributed by atoms with E-state index in [1.807, 2.05) is 34.4 Å². The number of nitrogens with one attached hydrogen (secondary N) is 1. The van der Waals surface area contributed by atoms with E-state index in [-0.39, 0.29) is 5.90 Å². The molecule has 0 aromatic carbocycles. The minimum absolute atomic E-state index is 0.0410. The summed E-state index contributed by atoms with van der Waals surface area (Å²) in [5, 5.41) is 15.2. The van der Waals surface area contributed by atoms with Crippen LogP contribution in [0, 0.1) is 11.3 Å². The summed E-state index contributed by atoms with van der Waals surface area (Å²) in [5.74, 6) is 0.990. The summed E-state index contributed by atoms with van der Waals surface area (Å²) in [7, 11) is 7.54. The highest BCUT2D eigenvalue weighted by molar-refractivity contribution is 7.79. The van der Waals surface area contributed by atoms with Crippen LogP contribution in [0.25, 0.3) is 0 Å². The molecule has 7 nitrogen and oxygen atoms in total. The quantitative estimate of drug-likeness (QED) is 0.0120. The van der Waals surface area contributed by atoms with Crippen molar-refractivity contribution in [1.29, 1.82) is 5.41 Å². The Morgan fingerprint density at radius 3 is 1.42 bits per heavy atom. The van der Waals surface area contributed by atoms with Crippen molar-refractivity contribution in [1.82, 2.24) is 0 Å². The number of quaternary nitrogens is 1. The summed E-state index contributed by atoms with van der Waals surface area (Å²) in [4.78, 5) is 0. The summed E-state index contributed by atoms with van der Waals surface area (Å²) >= 11 is 4.05. The Hall–Kier alpha value is -0.500. The van der Waals surface area contributed by atoms with Gasteiger partial charge in [0, 0.05) is 19.3 Å². The van der Waals surface area contributed by atoms with Crippen LogP contribution in [-0.4, -0.2) is 82.4 Å². The highest BCUT2D eigenvalue weighted by Gasteiger charge is 2.22. The molecule has 1 saturated carbocycles. The largest absolute Gasteiger partial charge is 0.477 e. The lowest BCUT2D eigenvalue weighted by Crippen LogP contribution is -2.44. The molecule has 0 saturated heterocycles. The second kappa shape index (κ2) is 62.2. The monoisotopic (exact) mass is 853 g/mol. The molecule has 2 atom stereocenters. The van der Waals surface area contributed by atoms with Crippen molar-refractivity contribution < 1.29 is 23.8 Å². The van der Waals surface area contributed by atoms with Gasteiger partial charge in [0.15, 0.2) is 13.5 Å². The van der Waals surface area contributed by atoms with Crippen LogP contribution in [-0.2, 0) is 14.2 Å². The predicted octanol–water partition coefficient (Wildman–Crippen LogP) is 15.5. The van der Waals surface area contributed by atoms with Crippen LogP contribution in [0.5, 0.6) is 0 Å². The first-order chi connectivity index (χ1) is 27.7. The Bertz CT molecular complexity index is 767. The zero-order valence-electron chi connectivity index (χ0n) is 41.1. The summed E-state index contributed by atoms with van der Waals surface area (Å²) in [5.41, 5.74) is 1.13. The summed E-state index contributed by atoms with van der Waals surface area (Å²) < 4.78 is 21.5. The van der Waals surface area contributed by atoms with Crippen molar-refractivity contribution in [2.24, 2.45) is 10.3 Å². The predicted molar refractivity (Wildman–Crippen MR) is 267 cm³/mol. The zero-order valence-corrected chi connectivity index (χ0v) is 43.1. The maximum absolute atomic E-state index is 8.19. The third-order valence-corrected chi connectivity index (χ3v) is 9.04. The SMILES string of the molecule is C1CC1.C=C(C[N+](C)(C)COCOCCCCCCCCCCCCCCCCC)/C(=N/S)C(=N)OCCCCCC.CC.CC.CCCC(C)CC.CO.CP. The second-order valence-electron chi connectivity index (χ2n) is 15.1. The number of hydrogen-bond acceptors (Lipinski definition) is 7. The van der Waals surface area contributed by atoms with Gasteiger partial charge in [-0.2, -0.15) is 0 Å². The van der Waals surface area contributed by atoms with Crippen LogP contribution in [0.3, 0.4) is 0 Å². The average molecular weight is 853 g/mol. The number of aliphatic hydroxyl groups excluding tert-OH is 1. The fraction of sp³-hybridized carbons (Fsp3) is 0.917. The topological polar surface area (TPSA) is 84.1 Å². The van der Waals surface area contributed by atoms with Crippen molar-refractivity contribution in [3.05, 3.63) is 12.2 Å². The lowest BCUT2D eigenvalue weighted by Gasteiger charge is -2.30. The molecule has 9 heteroatoms. The van der Waals surface area contributed by atoms with Crippen molar-refractivity contribution in [3.8, 4) is 0 Å². The molecule has 0 spiro atoms. The van der Waals surface area contributed by atoms with Crippen LogP contribution >= 0.6 is 22.1 Å². The highest BCUT2D eigenvalue weighted by Crippen LogP contribution is 2.15. The zero-order chi connectivity index (χ0) is 44.9. The Morgan fingerprint density at radius 1 is 0.684 bits per heavy atom. The van der Waals surface area contributed by atoms with E-state index in [1.54, 1.807) is 0 Å². The lowest BCUT2D eigenvalue weighted by molar-refractivity contribution is -0.905. The van der Waals surface area contributed by atoms with E-state index in [1.165, 1.54) is 141 Å². The van der Waals surface area contributed by atoms with Crippen molar-refractivity contribution in [3.63, 3.8) is 0 Å². The van der Waals surface area contributed by atoms with Crippen molar-refractivity contribution in [2.45, 2.75) is 223 Å².